The lowest BCUT2D eigenvalue weighted by Gasteiger charge is -2.34. The molecule has 1 amide bonds. The highest BCUT2D eigenvalue weighted by Crippen LogP contribution is 2.15. The number of aromatic nitrogens is 2. The molecule has 8 heteroatoms. The molecule has 28 heavy (non-hydrogen) atoms. The van der Waals surface area contributed by atoms with Gasteiger partial charge >= 0.3 is 0 Å². The second kappa shape index (κ2) is 8.55. The molecule has 7 nitrogen and oxygen atoms in total. The van der Waals surface area contributed by atoms with Crippen LogP contribution in [0, 0.1) is 11.8 Å². The van der Waals surface area contributed by atoms with E-state index in [0.717, 1.165) is 45.7 Å². The maximum absolute atomic E-state index is 11.8. The molecule has 150 valence electrons. The summed E-state index contributed by atoms with van der Waals surface area (Å²) in [5, 5.41) is 4.50. The van der Waals surface area contributed by atoms with E-state index in [9.17, 15) is 4.79 Å². The van der Waals surface area contributed by atoms with E-state index in [4.69, 9.17) is 16.6 Å². The Morgan fingerprint density at radius 2 is 1.82 bits per heavy atom. The molecule has 4 rings (SSSR count). The minimum atomic E-state index is 0.167. The van der Waals surface area contributed by atoms with Crippen LogP contribution in [0.2, 0.25) is 0 Å². The van der Waals surface area contributed by atoms with Crippen LogP contribution in [0.25, 0.3) is 0 Å². The van der Waals surface area contributed by atoms with Crippen molar-refractivity contribution in [2.24, 2.45) is 0 Å². The van der Waals surface area contributed by atoms with Gasteiger partial charge in [0.2, 0.25) is 11.8 Å². The molecule has 0 spiro atoms. The standard InChI is InChI=1S/C20H27N5O2S/c1-16-5-2-3-6-17(16)13-22-9-11-23(12-10-22)15-25-20(28)27-18(21-25)14-24-8-4-7-19(24)26/h2-3,5-6H,4,7-15H2,1H3. The smallest absolute Gasteiger partial charge is 0.288 e. The van der Waals surface area contributed by atoms with Gasteiger partial charge in [0.25, 0.3) is 4.84 Å². The lowest BCUT2D eigenvalue weighted by atomic mass is 10.1. The van der Waals surface area contributed by atoms with Crippen molar-refractivity contribution in [1.29, 1.82) is 0 Å². The molecule has 1 aromatic carbocycles. The third-order valence-electron chi connectivity index (χ3n) is 5.60. The first-order valence-corrected chi connectivity index (χ1v) is 10.3. The Kier molecular flexibility index (Phi) is 5.89. The van der Waals surface area contributed by atoms with Crippen LogP contribution in [-0.4, -0.2) is 63.1 Å². The summed E-state index contributed by atoms with van der Waals surface area (Å²) in [4.78, 5) is 18.8. The third-order valence-corrected chi connectivity index (χ3v) is 5.89. The Labute approximate surface area is 170 Å². The maximum atomic E-state index is 11.8. The summed E-state index contributed by atoms with van der Waals surface area (Å²) in [6, 6.07) is 8.58. The highest BCUT2D eigenvalue weighted by atomic mass is 32.1. The topological polar surface area (TPSA) is 57.8 Å². The number of nitrogens with zero attached hydrogens (tertiary/aromatic N) is 5. The minimum absolute atomic E-state index is 0.167. The molecule has 0 unspecified atom stereocenters. The van der Waals surface area contributed by atoms with Crippen LogP contribution < -0.4 is 0 Å². The molecule has 3 heterocycles. The molecule has 0 aliphatic carbocycles. The average molecular weight is 402 g/mol. The van der Waals surface area contributed by atoms with Gasteiger partial charge in [-0.1, -0.05) is 24.3 Å². The molecule has 2 aromatic rings. The van der Waals surface area contributed by atoms with E-state index >= 15 is 0 Å². The molecule has 0 atom stereocenters. The van der Waals surface area contributed by atoms with Gasteiger partial charge in [-0.25, -0.2) is 4.68 Å². The molecular weight excluding hydrogens is 374 g/mol. The lowest BCUT2D eigenvalue weighted by molar-refractivity contribution is -0.128. The van der Waals surface area contributed by atoms with Crippen molar-refractivity contribution in [3.8, 4) is 0 Å². The first-order chi connectivity index (χ1) is 13.6. The van der Waals surface area contributed by atoms with Crippen molar-refractivity contribution in [1.82, 2.24) is 24.5 Å². The zero-order valence-electron chi connectivity index (χ0n) is 16.3. The fourth-order valence-corrected chi connectivity index (χ4v) is 4.04. The summed E-state index contributed by atoms with van der Waals surface area (Å²) >= 11 is 5.33. The number of carbonyl (C=O) groups is 1. The van der Waals surface area contributed by atoms with Crippen LogP contribution in [0.1, 0.15) is 29.9 Å². The number of likely N-dealkylation sites (tertiary alicyclic amines) is 1. The molecule has 0 saturated carbocycles. The molecular formula is C20H27N5O2S. The van der Waals surface area contributed by atoms with Gasteiger partial charge in [-0.05, 0) is 36.7 Å². The number of hydrogen-bond donors (Lipinski definition) is 0. The molecule has 2 aliphatic heterocycles. The monoisotopic (exact) mass is 401 g/mol. The van der Waals surface area contributed by atoms with E-state index in [0.29, 0.717) is 30.4 Å². The van der Waals surface area contributed by atoms with Crippen LogP contribution >= 0.6 is 12.2 Å². The van der Waals surface area contributed by atoms with E-state index in [1.165, 1.54) is 11.1 Å². The number of benzene rings is 1. The van der Waals surface area contributed by atoms with E-state index < -0.39 is 0 Å². The maximum Gasteiger partial charge on any atom is 0.288 e. The summed E-state index contributed by atoms with van der Waals surface area (Å²) in [6.45, 7) is 8.98. The first kappa shape index (κ1) is 19.3. The molecule has 0 bridgehead atoms. The van der Waals surface area contributed by atoms with Gasteiger partial charge < -0.3 is 9.32 Å². The van der Waals surface area contributed by atoms with Gasteiger partial charge in [0.15, 0.2) is 0 Å². The number of piperazine rings is 1. The van der Waals surface area contributed by atoms with Crippen molar-refractivity contribution in [2.75, 3.05) is 32.7 Å². The highest BCUT2D eigenvalue weighted by molar-refractivity contribution is 7.71. The Balaban J connectivity index is 1.29. The van der Waals surface area contributed by atoms with Gasteiger partial charge in [0, 0.05) is 45.7 Å². The van der Waals surface area contributed by atoms with Gasteiger partial charge in [-0.3, -0.25) is 14.6 Å². The van der Waals surface area contributed by atoms with E-state index in [-0.39, 0.29) is 5.91 Å². The Morgan fingerprint density at radius 1 is 1.07 bits per heavy atom. The minimum Gasteiger partial charge on any atom is -0.412 e. The third kappa shape index (κ3) is 4.51. The van der Waals surface area contributed by atoms with Gasteiger partial charge in [-0.15, -0.1) is 5.10 Å². The Hall–Kier alpha value is -2.03. The fourth-order valence-electron chi connectivity index (χ4n) is 3.84. The molecule has 2 fully saturated rings. The summed E-state index contributed by atoms with van der Waals surface area (Å²) in [6.07, 6.45) is 1.53. The quantitative estimate of drug-likeness (QED) is 0.693. The van der Waals surface area contributed by atoms with Crippen LogP contribution in [0.3, 0.4) is 0 Å². The average Bonchev–Trinajstić information content (AvgIpc) is 3.24. The lowest BCUT2D eigenvalue weighted by Crippen LogP contribution is -2.46. The zero-order chi connectivity index (χ0) is 19.5. The Bertz CT molecular complexity index is 885. The second-order valence-electron chi connectivity index (χ2n) is 7.64. The first-order valence-electron chi connectivity index (χ1n) is 9.92. The van der Waals surface area contributed by atoms with E-state index in [2.05, 4.69) is 46.1 Å². The van der Waals surface area contributed by atoms with Gasteiger partial charge in [0.1, 0.15) is 0 Å². The zero-order valence-corrected chi connectivity index (χ0v) is 17.2. The van der Waals surface area contributed by atoms with Crippen molar-refractivity contribution < 1.29 is 9.21 Å². The highest BCUT2D eigenvalue weighted by Gasteiger charge is 2.23. The molecule has 0 N–H and O–H groups in total. The van der Waals surface area contributed by atoms with E-state index in [1.54, 1.807) is 9.58 Å². The summed E-state index contributed by atoms with van der Waals surface area (Å²) in [7, 11) is 0. The summed E-state index contributed by atoms with van der Waals surface area (Å²) in [5.74, 6) is 0.693. The van der Waals surface area contributed by atoms with E-state index in [1.807, 2.05) is 0 Å². The second-order valence-corrected chi connectivity index (χ2v) is 7.99. The van der Waals surface area contributed by atoms with Crippen LogP contribution in [0.15, 0.2) is 28.7 Å². The number of rotatable bonds is 6. The normalized spacial score (nSPS) is 18.9. The number of amides is 1. The van der Waals surface area contributed by atoms with Crippen LogP contribution in [0.5, 0.6) is 0 Å². The fraction of sp³-hybridized carbons (Fsp3) is 0.550. The van der Waals surface area contributed by atoms with Gasteiger partial charge in [0.05, 0.1) is 13.2 Å². The summed E-state index contributed by atoms with van der Waals surface area (Å²) < 4.78 is 7.35. The van der Waals surface area contributed by atoms with Crippen molar-refractivity contribution >= 4 is 18.1 Å². The molecule has 0 radical (unpaired) electrons. The van der Waals surface area contributed by atoms with Crippen molar-refractivity contribution in [3.63, 3.8) is 0 Å². The number of carbonyl (C=O) groups excluding carboxylic acids is 1. The molecule has 2 aliphatic rings. The predicted molar refractivity (Wildman–Crippen MR) is 108 cm³/mol. The summed E-state index contributed by atoms with van der Waals surface area (Å²) in [5.41, 5.74) is 2.75. The van der Waals surface area contributed by atoms with Crippen molar-refractivity contribution in [3.05, 3.63) is 46.1 Å². The van der Waals surface area contributed by atoms with Crippen LogP contribution in [-0.2, 0) is 24.6 Å². The van der Waals surface area contributed by atoms with Crippen LogP contribution in [0.4, 0.5) is 0 Å². The number of hydrogen-bond acceptors (Lipinski definition) is 6. The predicted octanol–water partition coefficient (Wildman–Crippen LogP) is 2.41. The SMILES string of the molecule is Cc1ccccc1CN1CCN(Cn2nc(CN3CCCC3=O)oc2=S)CC1. The van der Waals surface area contributed by atoms with Gasteiger partial charge in [-0.2, -0.15) is 0 Å². The van der Waals surface area contributed by atoms with Crippen molar-refractivity contribution in [2.45, 2.75) is 39.5 Å². The molecule has 1 aromatic heterocycles. The number of aryl methyl sites for hydroxylation is 1. The largest absolute Gasteiger partial charge is 0.412 e. The molecule has 2 saturated heterocycles. The Morgan fingerprint density at radius 3 is 2.54 bits per heavy atom.